The number of nitro groups is 1. The van der Waals surface area contributed by atoms with Crippen LogP contribution in [-0.4, -0.2) is 42.4 Å². The van der Waals surface area contributed by atoms with Gasteiger partial charge >= 0.3 is 0 Å². The fraction of sp³-hybridized carbons (Fsp3) is 0.200. The molecule has 0 unspecified atom stereocenters. The molecule has 1 N–H and O–H groups in total. The molecule has 1 aliphatic rings. The van der Waals surface area contributed by atoms with E-state index in [0.29, 0.717) is 30.8 Å². The molecule has 9 heteroatoms. The van der Waals surface area contributed by atoms with E-state index >= 15 is 0 Å². The molecule has 2 amide bonds. The number of amides is 2. The third kappa shape index (κ3) is 4.54. The van der Waals surface area contributed by atoms with E-state index in [4.69, 9.17) is 9.47 Å². The maximum atomic E-state index is 13.0. The highest BCUT2D eigenvalue weighted by Crippen LogP contribution is 2.35. The van der Waals surface area contributed by atoms with Crippen molar-refractivity contribution in [2.75, 3.05) is 26.1 Å². The molecule has 0 aliphatic carbocycles. The number of rotatable bonds is 6. The maximum absolute atomic E-state index is 13.0. The molecule has 0 radical (unpaired) electrons. The van der Waals surface area contributed by atoms with Crippen LogP contribution in [0.3, 0.4) is 0 Å². The van der Waals surface area contributed by atoms with Crippen LogP contribution in [-0.2, 0) is 13.0 Å². The van der Waals surface area contributed by atoms with Gasteiger partial charge in [0.25, 0.3) is 17.5 Å². The van der Waals surface area contributed by atoms with Crippen LogP contribution in [0.4, 0.5) is 11.4 Å². The molecule has 174 valence electrons. The van der Waals surface area contributed by atoms with E-state index in [2.05, 4.69) is 5.32 Å². The van der Waals surface area contributed by atoms with Crippen molar-refractivity contribution >= 4 is 23.2 Å². The quantitative estimate of drug-likeness (QED) is 0.438. The number of carbonyl (C=O) groups excluding carboxylic acids is 2. The Labute approximate surface area is 196 Å². The van der Waals surface area contributed by atoms with Gasteiger partial charge in [0.15, 0.2) is 11.5 Å². The highest BCUT2D eigenvalue weighted by Gasteiger charge is 2.26. The molecular formula is C25H23N3O6. The first-order valence-electron chi connectivity index (χ1n) is 10.6. The number of carbonyl (C=O) groups is 2. The van der Waals surface area contributed by atoms with E-state index < -0.39 is 16.5 Å². The van der Waals surface area contributed by atoms with Crippen LogP contribution in [0.2, 0.25) is 0 Å². The van der Waals surface area contributed by atoms with Crippen molar-refractivity contribution in [2.24, 2.45) is 0 Å². The minimum absolute atomic E-state index is 0.0540. The van der Waals surface area contributed by atoms with Gasteiger partial charge in [-0.05, 0) is 41.8 Å². The molecule has 4 rings (SSSR count). The number of ether oxygens (including phenoxy) is 2. The van der Waals surface area contributed by atoms with Crippen LogP contribution in [0.5, 0.6) is 11.5 Å². The molecule has 0 spiro atoms. The van der Waals surface area contributed by atoms with Crippen LogP contribution in [0.25, 0.3) is 0 Å². The summed E-state index contributed by atoms with van der Waals surface area (Å²) in [5.74, 6) is -0.344. The summed E-state index contributed by atoms with van der Waals surface area (Å²) in [6.45, 7) is 1.01. The summed E-state index contributed by atoms with van der Waals surface area (Å²) in [7, 11) is 2.75. The van der Waals surface area contributed by atoms with Gasteiger partial charge in [0, 0.05) is 30.4 Å². The Kier molecular flexibility index (Phi) is 6.44. The number of fused-ring (bicyclic) bond motifs is 1. The second kappa shape index (κ2) is 9.62. The molecule has 34 heavy (non-hydrogen) atoms. The Morgan fingerprint density at radius 2 is 1.68 bits per heavy atom. The number of anilines is 1. The first-order valence-corrected chi connectivity index (χ1v) is 10.6. The topological polar surface area (TPSA) is 111 Å². The lowest BCUT2D eigenvalue weighted by Crippen LogP contribution is -2.36. The molecule has 9 nitrogen and oxygen atoms in total. The number of methoxy groups -OCH3 is 2. The highest BCUT2D eigenvalue weighted by molar-refractivity contribution is 6.07. The van der Waals surface area contributed by atoms with Crippen LogP contribution in [0.15, 0.2) is 60.7 Å². The monoisotopic (exact) mass is 461 g/mol. The van der Waals surface area contributed by atoms with E-state index in [-0.39, 0.29) is 23.0 Å². The van der Waals surface area contributed by atoms with Gasteiger partial charge in [-0.25, -0.2) is 0 Å². The fourth-order valence-corrected chi connectivity index (χ4v) is 3.97. The molecule has 1 aliphatic heterocycles. The lowest BCUT2D eigenvalue weighted by molar-refractivity contribution is -0.385. The molecule has 3 aromatic carbocycles. The normalized spacial score (nSPS) is 12.5. The van der Waals surface area contributed by atoms with Gasteiger partial charge in [-0.1, -0.05) is 24.3 Å². The maximum Gasteiger partial charge on any atom is 0.286 e. The second-order valence-electron chi connectivity index (χ2n) is 7.76. The van der Waals surface area contributed by atoms with Crippen LogP contribution in [0.1, 0.15) is 31.8 Å². The Morgan fingerprint density at radius 1 is 0.971 bits per heavy atom. The summed E-state index contributed by atoms with van der Waals surface area (Å²) < 4.78 is 10.3. The number of hydrogen-bond acceptors (Lipinski definition) is 6. The second-order valence-corrected chi connectivity index (χ2v) is 7.76. The van der Waals surface area contributed by atoms with E-state index in [1.165, 1.54) is 20.3 Å². The number of benzene rings is 3. The van der Waals surface area contributed by atoms with Gasteiger partial charge in [0.1, 0.15) is 5.56 Å². The standard InChI is InChI=1S/C25H23N3O6/c1-33-22-13-20(21(28(31)32)14-23(22)34-2)24(29)26-19-9-8-16-10-11-27(15-18(16)12-19)25(30)17-6-4-3-5-7-17/h3-9,12-14H,10-11,15H2,1-2H3,(H,26,29). The van der Waals surface area contributed by atoms with Crippen molar-refractivity contribution in [2.45, 2.75) is 13.0 Å². The van der Waals surface area contributed by atoms with Gasteiger partial charge in [0.2, 0.25) is 0 Å². The van der Waals surface area contributed by atoms with Gasteiger partial charge in [-0.2, -0.15) is 0 Å². The first-order chi connectivity index (χ1) is 16.4. The van der Waals surface area contributed by atoms with Crippen LogP contribution < -0.4 is 14.8 Å². The SMILES string of the molecule is COc1cc(C(=O)Nc2ccc3c(c2)CN(C(=O)c2ccccc2)CC3)c([N+](=O)[O-])cc1OC. The average molecular weight is 461 g/mol. The number of nitrogens with zero attached hydrogens (tertiary/aromatic N) is 2. The van der Waals surface area contributed by atoms with Crippen LogP contribution in [0, 0.1) is 10.1 Å². The first kappa shape index (κ1) is 22.8. The largest absolute Gasteiger partial charge is 0.493 e. The van der Waals surface area contributed by atoms with Crippen molar-refractivity contribution in [1.82, 2.24) is 4.90 Å². The number of nitrogens with one attached hydrogen (secondary N) is 1. The molecule has 0 saturated heterocycles. The predicted molar refractivity (Wildman–Crippen MR) is 125 cm³/mol. The Balaban J connectivity index is 1.57. The van der Waals surface area contributed by atoms with Gasteiger partial charge < -0.3 is 19.7 Å². The third-order valence-corrected chi connectivity index (χ3v) is 5.73. The van der Waals surface area contributed by atoms with Crippen LogP contribution >= 0.6 is 0 Å². The van der Waals surface area contributed by atoms with E-state index in [1.54, 1.807) is 29.2 Å². The molecule has 3 aromatic rings. The molecule has 0 fully saturated rings. The molecule has 0 bridgehead atoms. The van der Waals surface area contributed by atoms with Crippen molar-refractivity contribution in [3.05, 3.63) is 93.0 Å². The van der Waals surface area contributed by atoms with E-state index in [0.717, 1.165) is 17.2 Å². The fourth-order valence-electron chi connectivity index (χ4n) is 3.97. The van der Waals surface area contributed by atoms with E-state index in [1.807, 2.05) is 24.3 Å². The average Bonchev–Trinajstić information content (AvgIpc) is 2.87. The summed E-state index contributed by atoms with van der Waals surface area (Å²) in [5.41, 5.74) is 2.55. The molecular weight excluding hydrogens is 438 g/mol. The Hall–Kier alpha value is -4.40. The van der Waals surface area contributed by atoms with Gasteiger partial charge in [0.05, 0.1) is 25.2 Å². The highest BCUT2D eigenvalue weighted by atomic mass is 16.6. The van der Waals surface area contributed by atoms with Gasteiger partial charge in [-0.3, -0.25) is 19.7 Å². The molecule has 0 saturated carbocycles. The Bertz CT molecular complexity index is 1260. The number of nitro benzene ring substituents is 1. The number of hydrogen-bond donors (Lipinski definition) is 1. The van der Waals surface area contributed by atoms with Crippen molar-refractivity contribution in [3.8, 4) is 11.5 Å². The van der Waals surface area contributed by atoms with Crippen molar-refractivity contribution in [1.29, 1.82) is 0 Å². The van der Waals surface area contributed by atoms with Gasteiger partial charge in [-0.15, -0.1) is 0 Å². The summed E-state index contributed by atoms with van der Waals surface area (Å²) in [6, 6.07) is 17.0. The summed E-state index contributed by atoms with van der Waals surface area (Å²) in [4.78, 5) is 38.5. The zero-order valence-corrected chi connectivity index (χ0v) is 18.7. The summed E-state index contributed by atoms with van der Waals surface area (Å²) in [6.07, 6.45) is 0.698. The smallest absolute Gasteiger partial charge is 0.286 e. The Morgan fingerprint density at radius 3 is 2.35 bits per heavy atom. The third-order valence-electron chi connectivity index (χ3n) is 5.73. The zero-order valence-electron chi connectivity index (χ0n) is 18.7. The summed E-state index contributed by atoms with van der Waals surface area (Å²) in [5, 5.41) is 14.3. The molecule has 1 heterocycles. The van der Waals surface area contributed by atoms with Crippen molar-refractivity contribution < 1.29 is 24.0 Å². The minimum Gasteiger partial charge on any atom is -0.493 e. The zero-order chi connectivity index (χ0) is 24.2. The lowest BCUT2D eigenvalue weighted by Gasteiger charge is -2.29. The molecule has 0 aromatic heterocycles. The minimum atomic E-state index is -0.652. The molecule has 0 atom stereocenters. The van der Waals surface area contributed by atoms with Crippen molar-refractivity contribution in [3.63, 3.8) is 0 Å². The lowest BCUT2D eigenvalue weighted by atomic mass is 9.98. The predicted octanol–water partition coefficient (Wildman–Crippen LogP) is 4.06. The summed E-state index contributed by atoms with van der Waals surface area (Å²) >= 11 is 0. The van der Waals surface area contributed by atoms with E-state index in [9.17, 15) is 19.7 Å².